The fraction of sp³-hybridized carbons (Fsp3) is 1.00. The fourth-order valence-electron chi connectivity index (χ4n) is 0.922. The lowest BCUT2D eigenvalue weighted by molar-refractivity contribution is 0.336. The molecular formula is C6H19O4PSi2. The van der Waals surface area contributed by atoms with Crippen LogP contribution in [0.25, 0.3) is 0 Å². The molecule has 0 spiro atoms. The van der Waals surface area contributed by atoms with Crippen molar-refractivity contribution in [3.05, 3.63) is 0 Å². The van der Waals surface area contributed by atoms with Gasteiger partial charge in [-0.05, 0) is 32.7 Å². The number of hydrogen-bond acceptors (Lipinski definition) is 4. The quantitative estimate of drug-likeness (QED) is 0.607. The fourth-order valence-corrected chi connectivity index (χ4v) is 8.63. The van der Waals surface area contributed by atoms with Crippen LogP contribution in [0, 0.1) is 0 Å². The summed E-state index contributed by atoms with van der Waals surface area (Å²) in [7, 11) is -7.69. The van der Waals surface area contributed by atoms with Crippen molar-refractivity contribution >= 4 is 24.5 Å². The second-order valence-corrected chi connectivity index (χ2v) is 14.6. The molecule has 0 aromatic heterocycles. The van der Waals surface area contributed by atoms with Crippen LogP contribution in [-0.2, 0) is 13.0 Å². The van der Waals surface area contributed by atoms with Crippen molar-refractivity contribution in [1.82, 2.24) is 0 Å². The maximum absolute atomic E-state index is 11.7. The van der Waals surface area contributed by atoms with E-state index < -0.39 is 24.5 Å². The van der Waals surface area contributed by atoms with Crippen LogP contribution < -0.4 is 0 Å². The second kappa shape index (κ2) is 3.96. The second-order valence-electron chi connectivity index (χ2n) is 4.51. The smallest absolute Gasteiger partial charge is 0.337 e. The van der Waals surface area contributed by atoms with E-state index in [9.17, 15) is 9.36 Å². The van der Waals surface area contributed by atoms with Crippen molar-refractivity contribution in [3.63, 3.8) is 0 Å². The van der Waals surface area contributed by atoms with E-state index in [1.807, 2.05) is 19.6 Å². The van der Waals surface area contributed by atoms with Gasteiger partial charge in [0, 0.05) is 6.66 Å². The topological polar surface area (TPSA) is 55.8 Å². The number of rotatable bonds is 4. The third-order valence-electron chi connectivity index (χ3n) is 0.829. The predicted octanol–water partition coefficient (Wildman–Crippen LogP) is 2.37. The molecule has 4 nitrogen and oxygen atoms in total. The van der Waals surface area contributed by atoms with E-state index in [1.54, 1.807) is 13.1 Å². The van der Waals surface area contributed by atoms with Gasteiger partial charge in [0.25, 0.3) is 0 Å². The molecule has 80 valence electrons. The Balaban J connectivity index is 4.35. The third-order valence-corrected chi connectivity index (χ3v) is 7.46. The van der Waals surface area contributed by atoms with E-state index in [1.165, 1.54) is 6.66 Å². The zero-order valence-electron chi connectivity index (χ0n) is 9.12. The average molecular weight is 242 g/mol. The Bertz CT molecular complexity index is 198. The van der Waals surface area contributed by atoms with Crippen LogP contribution in [0.3, 0.4) is 0 Å². The molecule has 7 heteroatoms. The predicted molar refractivity (Wildman–Crippen MR) is 58.7 cm³/mol. The van der Waals surface area contributed by atoms with E-state index in [4.69, 9.17) is 8.43 Å². The summed E-state index contributed by atoms with van der Waals surface area (Å²) in [5.74, 6) is 0. The summed E-state index contributed by atoms with van der Waals surface area (Å²) in [6, 6.07) is 0. The van der Waals surface area contributed by atoms with Gasteiger partial charge < -0.3 is 13.2 Å². The Morgan fingerprint density at radius 3 is 1.69 bits per heavy atom. The standard InChI is InChI=1S/C6H19O4PSi2/c1-11(7,9-12(2,3)4)10-13(5,6)8/h8H,1-6H3. The van der Waals surface area contributed by atoms with Crippen LogP contribution in [0.4, 0.5) is 0 Å². The van der Waals surface area contributed by atoms with E-state index >= 15 is 0 Å². The van der Waals surface area contributed by atoms with Crippen LogP contribution in [0.5, 0.6) is 0 Å². The largest absolute Gasteiger partial charge is 0.411 e. The average Bonchev–Trinajstić information content (AvgIpc) is 1.43. The summed E-state index contributed by atoms with van der Waals surface area (Å²) in [4.78, 5) is 9.43. The van der Waals surface area contributed by atoms with Crippen LogP contribution in [-0.4, -0.2) is 28.3 Å². The molecule has 0 aromatic carbocycles. The Morgan fingerprint density at radius 2 is 1.46 bits per heavy atom. The van der Waals surface area contributed by atoms with E-state index in [0.29, 0.717) is 0 Å². The van der Waals surface area contributed by atoms with Crippen molar-refractivity contribution in [2.24, 2.45) is 0 Å². The maximum atomic E-state index is 11.7. The van der Waals surface area contributed by atoms with Crippen LogP contribution in [0.1, 0.15) is 0 Å². The maximum Gasteiger partial charge on any atom is 0.337 e. The highest BCUT2D eigenvalue weighted by molar-refractivity contribution is 7.56. The Morgan fingerprint density at radius 1 is 1.08 bits per heavy atom. The molecular weight excluding hydrogens is 223 g/mol. The molecule has 0 rings (SSSR count). The number of hydrogen-bond donors (Lipinski definition) is 1. The van der Waals surface area contributed by atoms with E-state index in [0.717, 1.165) is 0 Å². The molecule has 0 aliphatic heterocycles. The van der Waals surface area contributed by atoms with Gasteiger partial charge in [0.15, 0.2) is 8.32 Å². The monoisotopic (exact) mass is 242 g/mol. The zero-order valence-corrected chi connectivity index (χ0v) is 12.0. The van der Waals surface area contributed by atoms with Crippen LogP contribution in [0.2, 0.25) is 32.7 Å². The zero-order chi connectivity index (χ0) is 10.9. The first kappa shape index (κ1) is 13.5. The molecule has 0 bridgehead atoms. The van der Waals surface area contributed by atoms with Gasteiger partial charge in [-0.3, -0.25) is 4.57 Å². The Kier molecular flexibility index (Phi) is 4.13. The van der Waals surface area contributed by atoms with Gasteiger partial charge in [-0.2, -0.15) is 0 Å². The van der Waals surface area contributed by atoms with Gasteiger partial charge >= 0.3 is 16.2 Å². The highest BCUT2D eigenvalue weighted by Gasteiger charge is 2.34. The molecule has 0 heterocycles. The van der Waals surface area contributed by atoms with Gasteiger partial charge in [-0.15, -0.1) is 0 Å². The highest BCUT2D eigenvalue weighted by Crippen LogP contribution is 2.48. The molecule has 1 atom stereocenters. The van der Waals surface area contributed by atoms with Crippen molar-refractivity contribution in [2.45, 2.75) is 32.7 Å². The Labute approximate surface area is 82.2 Å². The van der Waals surface area contributed by atoms with Gasteiger partial charge in [-0.1, -0.05) is 0 Å². The summed E-state index contributed by atoms with van der Waals surface area (Å²) in [6.07, 6.45) is 0. The molecule has 0 fully saturated rings. The van der Waals surface area contributed by atoms with Gasteiger partial charge in [-0.25, -0.2) is 0 Å². The molecule has 0 saturated carbocycles. The normalized spacial score (nSPS) is 18.4. The molecule has 0 radical (unpaired) electrons. The molecule has 0 aliphatic rings. The summed E-state index contributed by atoms with van der Waals surface area (Å²) < 4.78 is 22.1. The molecule has 0 amide bonds. The first-order valence-electron chi connectivity index (χ1n) is 4.13. The van der Waals surface area contributed by atoms with Crippen molar-refractivity contribution < 1.29 is 17.8 Å². The summed E-state index contributed by atoms with van der Waals surface area (Å²) in [6.45, 7) is 10.3. The van der Waals surface area contributed by atoms with Crippen LogP contribution >= 0.6 is 7.60 Å². The van der Waals surface area contributed by atoms with E-state index in [2.05, 4.69) is 0 Å². The minimum atomic E-state index is -3.06. The minimum absolute atomic E-state index is 1.41. The third kappa shape index (κ3) is 8.86. The van der Waals surface area contributed by atoms with Crippen molar-refractivity contribution in [3.8, 4) is 0 Å². The first-order chi connectivity index (χ1) is 5.41. The molecule has 0 aromatic rings. The molecule has 13 heavy (non-hydrogen) atoms. The summed E-state index contributed by atoms with van der Waals surface area (Å²) >= 11 is 0. The van der Waals surface area contributed by atoms with Gasteiger partial charge in [0.05, 0.1) is 0 Å². The minimum Gasteiger partial charge on any atom is -0.411 e. The lowest BCUT2D eigenvalue weighted by atomic mass is 11.8. The van der Waals surface area contributed by atoms with Crippen molar-refractivity contribution in [1.29, 1.82) is 0 Å². The molecule has 0 aliphatic carbocycles. The van der Waals surface area contributed by atoms with Gasteiger partial charge in [0.1, 0.15) is 0 Å². The summed E-state index contributed by atoms with van der Waals surface area (Å²) in [5, 5.41) is 0. The highest BCUT2D eigenvalue weighted by atomic mass is 31.2. The summed E-state index contributed by atoms with van der Waals surface area (Å²) in [5.41, 5.74) is 0. The SMILES string of the molecule is C[Si](C)(C)OP(C)(=O)O[Si](C)(C)O. The molecule has 0 saturated heterocycles. The Hall–Kier alpha value is 0.544. The van der Waals surface area contributed by atoms with Crippen molar-refractivity contribution in [2.75, 3.05) is 6.66 Å². The lowest BCUT2D eigenvalue weighted by Crippen LogP contribution is -2.32. The molecule has 1 unspecified atom stereocenters. The van der Waals surface area contributed by atoms with E-state index in [-0.39, 0.29) is 0 Å². The van der Waals surface area contributed by atoms with Gasteiger partial charge in [0.2, 0.25) is 0 Å². The lowest BCUT2D eigenvalue weighted by Gasteiger charge is -2.27. The van der Waals surface area contributed by atoms with Crippen LogP contribution in [0.15, 0.2) is 0 Å². The molecule has 1 N–H and O–H groups in total. The first-order valence-corrected chi connectivity index (χ1v) is 12.4.